The highest BCUT2D eigenvalue weighted by Gasteiger charge is 2.05. The molecule has 0 heterocycles. The van der Waals surface area contributed by atoms with Gasteiger partial charge in [-0.1, -0.05) is 12.1 Å². The third-order valence-electron chi connectivity index (χ3n) is 3.39. The van der Waals surface area contributed by atoms with Crippen LogP contribution in [0.5, 0.6) is 5.75 Å². The van der Waals surface area contributed by atoms with Crippen molar-refractivity contribution in [3.05, 3.63) is 65.2 Å². The van der Waals surface area contributed by atoms with Crippen LogP contribution in [0.2, 0.25) is 0 Å². The monoisotopic (exact) mass is 358 g/mol. The fourth-order valence-electron chi connectivity index (χ4n) is 2.12. The fourth-order valence-corrected chi connectivity index (χ4v) is 2.12. The van der Waals surface area contributed by atoms with Gasteiger partial charge in [0.15, 0.2) is 17.5 Å². The van der Waals surface area contributed by atoms with Crippen molar-refractivity contribution in [2.75, 3.05) is 19.7 Å². The molecule has 0 saturated heterocycles. The van der Waals surface area contributed by atoms with Gasteiger partial charge in [-0.15, -0.1) is 0 Å². The smallest absolute Gasteiger partial charge is 0.191 e. The van der Waals surface area contributed by atoms with Gasteiger partial charge < -0.3 is 15.4 Å². The summed E-state index contributed by atoms with van der Waals surface area (Å²) in [4.78, 5) is 4.45. The average molecular weight is 358 g/mol. The number of nitrogens with zero attached hydrogens (tertiary/aromatic N) is 2. The van der Waals surface area contributed by atoms with Crippen LogP contribution in [0.3, 0.4) is 0 Å². The van der Waals surface area contributed by atoms with E-state index in [0.717, 1.165) is 17.7 Å². The van der Waals surface area contributed by atoms with Gasteiger partial charge >= 0.3 is 0 Å². The SMILES string of the molecule is CCNC(=NCc1ccc(C#N)cc1)NCCOc1ccc(F)cc1F. The fraction of sp³-hybridized carbons (Fsp3) is 0.263. The van der Waals surface area contributed by atoms with Gasteiger partial charge in [0.1, 0.15) is 12.4 Å². The molecule has 0 aliphatic heterocycles. The summed E-state index contributed by atoms with van der Waals surface area (Å²) < 4.78 is 31.6. The first-order valence-electron chi connectivity index (χ1n) is 8.21. The molecule has 0 bridgehead atoms. The number of halogens is 2. The maximum Gasteiger partial charge on any atom is 0.191 e. The number of ether oxygens (including phenoxy) is 1. The molecular formula is C19H20F2N4O. The van der Waals surface area contributed by atoms with Gasteiger partial charge in [-0.25, -0.2) is 13.8 Å². The normalized spacial score (nSPS) is 10.9. The van der Waals surface area contributed by atoms with Crippen LogP contribution in [0.4, 0.5) is 8.78 Å². The zero-order chi connectivity index (χ0) is 18.8. The van der Waals surface area contributed by atoms with Gasteiger partial charge in [-0.3, -0.25) is 0 Å². The Balaban J connectivity index is 1.83. The third kappa shape index (κ3) is 6.06. The number of hydrogen-bond acceptors (Lipinski definition) is 3. The third-order valence-corrected chi connectivity index (χ3v) is 3.39. The van der Waals surface area contributed by atoms with Gasteiger partial charge in [-0.2, -0.15) is 5.26 Å². The molecule has 136 valence electrons. The van der Waals surface area contributed by atoms with Crippen molar-refractivity contribution >= 4 is 5.96 Å². The Morgan fingerprint density at radius 2 is 1.92 bits per heavy atom. The highest BCUT2D eigenvalue weighted by Crippen LogP contribution is 2.17. The Hall–Kier alpha value is -3.14. The molecule has 0 unspecified atom stereocenters. The second-order valence-corrected chi connectivity index (χ2v) is 5.35. The Bertz CT molecular complexity index is 785. The van der Waals surface area contributed by atoms with Crippen molar-refractivity contribution in [2.24, 2.45) is 4.99 Å². The number of nitrogens with one attached hydrogen (secondary N) is 2. The van der Waals surface area contributed by atoms with Crippen LogP contribution in [-0.2, 0) is 6.54 Å². The van der Waals surface area contributed by atoms with Crippen molar-refractivity contribution in [2.45, 2.75) is 13.5 Å². The van der Waals surface area contributed by atoms with Crippen LogP contribution in [0.25, 0.3) is 0 Å². The summed E-state index contributed by atoms with van der Waals surface area (Å²) in [6.07, 6.45) is 0. The summed E-state index contributed by atoms with van der Waals surface area (Å²) >= 11 is 0. The minimum atomic E-state index is -0.730. The Kier molecular flexibility index (Phi) is 7.37. The van der Waals surface area contributed by atoms with Gasteiger partial charge in [0.2, 0.25) is 0 Å². The van der Waals surface area contributed by atoms with Crippen LogP contribution in [0.15, 0.2) is 47.5 Å². The summed E-state index contributed by atoms with van der Waals surface area (Å²) in [5.41, 5.74) is 1.58. The number of aliphatic imine (C=N–C) groups is 1. The van der Waals surface area contributed by atoms with Gasteiger partial charge in [-0.05, 0) is 36.8 Å². The maximum absolute atomic E-state index is 13.5. The van der Waals surface area contributed by atoms with E-state index in [1.165, 1.54) is 6.07 Å². The lowest BCUT2D eigenvalue weighted by Crippen LogP contribution is -2.39. The van der Waals surface area contributed by atoms with E-state index in [1.807, 2.05) is 19.1 Å². The quantitative estimate of drug-likeness (QED) is 0.454. The van der Waals surface area contributed by atoms with E-state index in [4.69, 9.17) is 10.00 Å². The molecule has 0 saturated carbocycles. The van der Waals surface area contributed by atoms with Crippen LogP contribution >= 0.6 is 0 Å². The Morgan fingerprint density at radius 1 is 1.15 bits per heavy atom. The molecule has 2 rings (SSSR count). The average Bonchev–Trinajstić information content (AvgIpc) is 2.65. The first-order valence-corrected chi connectivity index (χ1v) is 8.21. The van der Waals surface area contributed by atoms with E-state index in [9.17, 15) is 8.78 Å². The Labute approximate surface area is 151 Å². The molecule has 0 fully saturated rings. The lowest BCUT2D eigenvalue weighted by atomic mass is 10.1. The van der Waals surface area contributed by atoms with Crippen LogP contribution < -0.4 is 15.4 Å². The van der Waals surface area contributed by atoms with E-state index >= 15 is 0 Å². The van der Waals surface area contributed by atoms with E-state index in [-0.39, 0.29) is 12.4 Å². The number of rotatable bonds is 7. The van der Waals surface area contributed by atoms with Gasteiger partial charge in [0, 0.05) is 12.6 Å². The van der Waals surface area contributed by atoms with Crippen LogP contribution in [-0.4, -0.2) is 25.7 Å². The molecular weight excluding hydrogens is 338 g/mol. The van der Waals surface area contributed by atoms with E-state index in [0.29, 0.717) is 31.2 Å². The van der Waals surface area contributed by atoms with Crippen molar-refractivity contribution in [1.29, 1.82) is 5.26 Å². The maximum atomic E-state index is 13.5. The molecule has 26 heavy (non-hydrogen) atoms. The van der Waals surface area contributed by atoms with Crippen LogP contribution in [0, 0.1) is 23.0 Å². The topological polar surface area (TPSA) is 69.4 Å². The molecule has 0 atom stereocenters. The molecule has 2 N–H and O–H groups in total. The minimum Gasteiger partial charge on any atom is -0.489 e. The largest absolute Gasteiger partial charge is 0.489 e. The molecule has 0 amide bonds. The standard InChI is InChI=1S/C19H20F2N4O/c1-2-23-19(25-13-15-5-3-14(12-22)4-6-15)24-9-10-26-18-8-7-16(20)11-17(18)21/h3-8,11H,2,9-10,13H2,1H3,(H2,23,24,25). The molecule has 2 aromatic rings. The van der Waals surface area contributed by atoms with Crippen molar-refractivity contribution in [3.8, 4) is 11.8 Å². The molecule has 0 radical (unpaired) electrons. The van der Waals surface area contributed by atoms with E-state index < -0.39 is 11.6 Å². The van der Waals surface area contributed by atoms with Crippen molar-refractivity contribution in [1.82, 2.24) is 10.6 Å². The molecule has 0 aliphatic rings. The van der Waals surface area contributed by atoms with Gasteiger partial charge in [0.25, 0.3) is 0 Å². The second kappa shape index (κ2) is 9.99. The molecule has 5 nitrogen and oxygen atoms in total. The summed E-state index contributed by atoms with van der Waals surface area (Å²) in [5.74, 6) is -0.767. The number of nitriles is 1. The Morgan fingerprint density at radius 3 is 2.58 bits per heavy atom. The zero-order valence-electron chi connectivity index (χ0n) is 14.4. The minimum absolute atomic E-state index is 0.00715. The van der Waals surface area contributed by atoms with Crippen molar-refractivity contribution in [3.63, 3.8) is 0 Å². The summed E-state index contributed by atoms with van der Waals surface area (Å²) in [5, 5.41) is 15.0. The summed E-state index contributed by atoms with van der Waals surface area (Å²) in [6, 6.07) is 12.5. The van der Waals surface area contributed by atoms with Gasteiger partial charge in [0.05, 0.1) is 24.7 Å². The van der Waals surface area contributed by atoms with Crippen molar-refractivity contribution < 1.29 is 13.5 Å². The molecule has 7 heteroatoms. The second-order valence-electron chi connectivity index (χ2n) is 5.35. The number of guanidine groups is 1. The highest BCUT2D eigenvalue weighted by atomic mass is 19.1. The van der Waals surface area contributed by atoms with Crippen LogP contribution in [0.1, 0.15) is 18.1 Å². The molecule has 0 spiro atoms. The van der Waals surface area contributed by atoms with E-state index in [1.54, 1.807) is 12.1 Å². The summed E-state index contributed by atoms with van der Waals surface area (Å²) in [7, 11) is 0. The number of hydrogen-bond donors (Lipinski definition) is 2. The zero-order valence-corrected chi connectivity index (χ0v) is 14.4. The predicted molar refractivity (Wildman–Crippen MR) is 95.8 cm³/mol. The molecule has 0 aliphatic carbocycles. The molecule has 2 aromatic carbocycles. The summed E-state index contributed by atoms with van der Waals surface area (Å²) in [6.45, 7) is 3.68. The predicted octanol–water partition coefficient (Wildman–Crippen LogP) is 2.97. The van der Waals surface area contributed by atoms with E-state index in [2.05, 4.69) is 21.7 Å². The number of benzene rings is 2. The first-order chi connectivity index (χ1) is 12.6. The molecule has 0 aromatic heterocycles. The highest BCUT2D eigenvalue weighted by molar-refractivity contribution is 5.79. The first kappa shape index (κ1) is 19.2. The lowest BCUT2D eigenvalue weighted by Gasteiger charge is -2.12. The lowest BCUT2D eigenvalue weighted by molar-refractivity contribution is 0.304.